The van der Waals surface area contributed by atoms with Gasteiger partial charge in [-0.2, -0.15) is 0 Å². The van der Waals surface area contributed by atoms with E-state index in [9.17, 15) is 9.59 Å². The molecule has 0 unspecified atom stereocenters. The molecule has 0 atom stereocenters. The minimum Gasteiger partial charge on any atom is -0.458 e. The summed E-state index contributed by atoms with van der Waals surface area (Å²) >= 11 is 0. The Morgan fingerprint density at radius 1 is 0.667 bits per heavy atom. The van der Waals surface area contributed by atoms with Gasteiger partial charge in [0.1, 0.15) is 24.4 Å². The quantitative estimate of drug-likeness (QED) is 0.344. The van der Waals surface area contributed by atoms with Crippen LogP contribution in [0.4, 0.5) is 0 Å². The molecule has 8 heteroatoms. The van der Waals surface area contributed by atoms with Gasteiger partial charge in [0, 0.05) is 52.5 Å². The van der Waals surface area contributed by atoms with Crippen molar-refractivity contribution in [1.29, 1.82) is 0 Å². The fourth-order valence-electron chi connectivity index (χ4n) is 3.07. The van der Waals surface area contributed by atoms with E-state index in [1.54, 1.807) is 0 Å². The van der Waals surface area contributed by atoms with Crippen LogP contribution in [0.1, 0.15) is 54.4 Å². The molecule has 0 aromatic heterocycles. The molecule has 30 heavy (non-hydrogen) atoms. The Morgan fingerprint density at radius 2 is 1.00 bits per heavy atom. The normalized spacial score (nSPS) is 16.5. The van der Waals surface area contributed by atoms with Crippen molar-refractivity contribution < 1.29 is 28.5 Å². The molecule has 0 radical (unpaired) electrons. The van der Waals surface area contributed by atoms with Crippen molar-refractivity contribution in [2.75, 3.05) is 65.7 Å². The first-order valence-electron chi connectivity index (χ1n) is 11.0. The number of nitrogens with zero attached hydrogens (tertiary/aromatic N) is 2. The van der Waals surface area contributed by atoms with Crippen molar-refractivity contribution in [3.63, 3.8) is 0 Å². The van der Waals surface area contributed by atoms with Crippen LogP contribution in [0.2, 0.25) is 0 Å². The van der Waals surface area contributed by atoms with E-state index in [1.165, 1.54) is 0 Å². The molecule has 1 fully saturated rings. The monoisotopic (exact) mass is 430 g/mol. The fourth-order valence-corrected chi connectivity index (χ4v) is 3.07. The van der Waals surface area contributed by atoms with Crippen LogP contribution in [-0.2, 0) is 28.5 Å². The van der Waals surface area contributed by atoms with E-state index in [0.717, 1.165) is 52.1 Å². The molecule has 1 heterocycles. The van der Waals surface area contributed by atoms with Crippen molar-refractivity contribution >= 4 is 11.9 Å². The molecule has 0 aromatic rings. The topological polar surface area (TPSA) is 77.5 Å². The Kier molecular flexibility index (Phi) is 11.8. The van der Waals surface area contributed by atoms with Crippen LogP contribution in [-0.4, -0.2) is 98.6 Å². The van der Waals surface area contributed by atoms with Crippen molar-refractivity contribution in [1.82, 2.24) is 9.80 Å². The van der Waals surface area contributed by atoms with Crippen LogP contribution in [0.3, 0.4) is 0 Å². The van der Waals surface area contributed by atoms with Gasteiger partial charge in [0.2, 0.25) is 0 Å². The molecule has 0 amide bonds. The number of rotatable bonds is 12. The zero-order chi connectivity index (χ0) is 22.6. The van der Waals surface area contributed by atoms with Gasteiger partial charge in [-0.15, -0.1) is 0 Å². The van der Waals surface area contributed by atoms with Crippen molar-refractivity contribution in [3.05, 3.63) is 0 Å². The maximum Gasteiger partial charge on any atom is 0.332 e. The van der Waals surface area contributed by atoms with Crippen LogP contribution < -0.4 is 0 Å². The minimum atomic E-state index is -0.468. The number of piperazine rings is 1. The molecule has 0 N–H and O–H groups in total. The lowest BCUT2D eigenvalue weighted by atomic mass is 10.2. The zero-order valence-corrected chi connectivity index (χ0v) is 19.8. The second-order valence-corrected chi connectivity index (χ2v) is 9.67. The average Bonchev–Trinajstić information content (AvgIpc) is 2.59. The number of hydrogen-bond acceptors (Lipinski definition) is 8. The summed E-state index contributed by atoms with van der Waals surface area (Å²) in [5.74, 6) is -0.627. The summed E-state index contributed by atoms with van der Waals surface area (Å²) in [6.07, 6.45) is 1.81. The Labute approximate surface area is 182 Å². The predicted molar refractivity (Wildman–Crippen MR) is 115 cm³/mol. The number of ether oxygens (including phenoxy) is 4. The second-order valence-electron chi connectivity index (χ2n) is 9.67. The van der Waals surface area contributed by atoms with Crippen molar-refractivity contribution in [3.8, 4) is 0 Å². The molecule has 0 aliphatic carbocycles. The summed E-state index contributed by atoms with van der Waals surface area (Å²) in [4.78, 5) is 28.0. The van der Waals surface area contributed by atoms with Gasteiger partial charge in [0.25, 0.3) is 0 Å². The van der Waals surface area contributed by atoms with Crippen LogP contribution >= 0.6 is 0 Å². The Bertz CT molecular complexity index is 459. The van der Waals surface area contributed by atoms with Crippen LogP contribution in [0.15, 0.2) is 0 Å². The third-order valence-electron chi connectivity index (χ3n) is 4.27. The number of esters is 2. The molecule has 1 aliphatic heterocycles. The van der Waals surface area contributed by atoms with Gasteiger partial charge in [-0.3, -0.25) is 0 Å². The van der Waals surface area contributed by atoms with Gasteiger partial charge in [0.15, 0.2) is 0 Å². The Hall–Kier alpha value is -1.22. The van der Waals surface area contributed by atoms with Gasteiger partial charge in [-0.25, -0.2) is 9.59 Å². The van der Waals surface area contributed by atoms with Gasteiger partial charge < -0.3 is 28.7 Å². The summed E-state index contributed by atoms with van der Waals surface area (Å²) in [6, 6.07) is 0. The lowest BCUT2D eigenvalue weighted by Gasteiger charge is -2.34. The van der Waals surface area contributed by atoms with Crippen molar-refractivity contribution in [2.45, 2.75) is 65.6 Å². The summed E-state index contributed by atoms with van der Waals surface area (Å²) in [5.41, 5.74) is -0.936. The summed E-state index contributed by atoms with van der Waals surface area (Å²) < 4.78 is 21.3. The maximum absolute atomic E-state index is 11.6. The Morgan fingerprint density at radius 3 is 1.30 bits per heavy atom. The second kappa shape index (κ2) is 13.2. The van der Waals surface area contributed by atoms with E-state index < -0.39 is 11.2 Å². The van der Waals surface area contributed by atoms with E-state index in [1.807, 2.05) is 41.5 Å². The SMILES string of the molecule is CC(C)(C)OC(=O)COCCCN1CCN(CCCOCC(=O)OC(C)(C)C)CC1. The zero-order valence-electron chi connectivity index (χ0n) is 19.8. The summed E-state index contributed by atoms with van der Waals surface area (Å²) in [5, 5.41) is 0. The maximum atomic E-state index is 11.6. The molecule has 0 aromatic carbocycles. The first-order valence-corrected chi connectivity index (χ1v) is 11.0. The smallest absolute Gasteiger partial charge is 0.332 e. The van der Waals surface area contributed by atoms with Crippen LogP contribution in [0.5, 0.6) is 0 Å². The van der Waals surface area contributed by atoms with Gasteiger partial charge >= 0.3 is 11.9 Å². The van der Waals surface area contributed by atoms with E-state index in [0.29, 0.717) is 13.2 Å². The van der Waals surface area contributed by atoms with Crippen LogP contribution in [0, 0.1) is 0 Å². The van der Waals surface area contributed by atoms with E-state index in [4.69, 9.17) is 18.9 Å². The molecule has 1 rings (SSSR count). The van der Waals surface area contributed by atoms with Gasteiger partial charge in [-0.05, 0) is 54.4 Å². The number of hydrogen-bond donors (Lipinski definition) is 0. The molecular weight excluding hydrogens is 388 g/mol. The number of carbonyl (C=O) groups excluding carboxylic acids is 2. The molecular formula is C22H42N2O6. The Balaban J connectivity index is 1.98. The summed E-state index contributed by atoms with van der Waals surface area (Å²) in [7, 11) is 0. The molecule has 0 saturated carbocycles. The molecule has 0 bridgehead atoms. The standard InChI is InChI=1S/C22H42N2O6/c1-21(2,3)29-19(25)17-27-15-7-9-23-11-13-24(14-12-23)10-8-16-28-18-20(26)30-22(4,5)6/h7-18H2,1-6H3. The first kappa shape index (κ1) is 26.8. The first-order chi connectivity index (χ1) is 13.9. The van der Waals surface area contributed by atoms with Gasteiger partial charge in [0.05, 0.1) is 0 Å². The van der Waals surface area contributed by atoms with E-state index in [2.05, 4.69) is 9.80 Å². The highest BCUT2D eigenvalue weighted by Crippen LogP contribution is 2.08. The highest BCUT2D eigenvalue weighted by Gasteiger charge is 2.18. The summed E-state index contributed by atoms with van der Waals surface area (Å²) in [6.45, 7) is 18.3. The lowest BCUT2D eigenvalue weighted by molar-refractivity contribution is -0.161. The molecule has 0 spiro atoms. The fraction of sp³-hybridized carbons (Fsp3) is 0.909. The molecule has 1 saturated heterocycles. The molecule has 176 valence electrons. The minimum absolute atomic E-state index is 0.0149. The highest BCUT2D eigenvalue weighted by molar-refractivity contribution is 5.71. The third kappa shape index (κ3) is 14.7. The third-order valence-corrected chi connectivity index (χ3v) is 4.27. The van der Waals surface area contributed by atoms with Crippen molar-refractivity contribution in [2.24, 2.45) is 0 Å². The van der Waals surface area contributed by atoms with Crippen LogP contribution in [0.25, 0.3) is 0 Å². The highest BCUT2D eigenvalue weighted by atomic mass is 16.6. The van der Waals surface area contributed by atoms with Gasteiger partial charge in [-0.1, -0.05) is 0 Å². The predicted octanol–water partition coefficient (Wildman–Crippen LogP) is 2.10. The number of carbonyl (C=O) groups is 2. The average molecular weight is 431 g/mol. The molecule has 1 aliphatic rings. The van der Waals surface area contributed by atoms with E-state index >= 15 is 0 Å². The van der Waals surface area contributed by atoms with E-state index in [-0.39, 0.29) is 25.2 Å². The lowest BCUT2D eigenvalue weighted by Crippen LogP contribution is -2.47. The largest absolute Gasteiger partial charge is 0.458 e. The molecule has 8 nitrogen and oxygen atoms in total.